The molecule has 1 unspecified atom stereocenters. The maximum Gasteiger partial charge on any atom is 0.226 e. The molecule has 17 heavy (non-hydrogen) atoms. The number of nitrogens with one attached hydrogen (secondary N) is 1. The van der Waals surface area contributed by atoms with Crippen molar-refractivity contribution in [1.82, 2.24) is 15.2 Å². The van der Waals surface area contributed by atoms with E-state index in [-0.39, 0.29) is 11.8 Å². The number of hydrogen-bond donors (Lipinski definition) is 1. The van der Waals surface area contributed by atoms with E-state index >= 15 is 0 Å². The van der Waals surface area contributed by atoms with Gasteiger partial charge in [0.1, 0.15) is 0 Å². The van der Waals surface area contributed by atoms with Crippen LogP contribution in [0.15, 0.2) is 18.2 Å². The fourth-order valence-electron chi connectivity index (χ4n) is 1.78. The average molecular weight is 235 g/mol. The summed E-state index contributed by atoms with van der Waals surface area (Å²) >= 11 is 0. The lowest BCUT2D eigenvalue weighted by Crippen LogP contribution is -2.35. The Hall–Kier alpha value is -1.42. The van der Waals surface area contributed by atoms with Gasteiger partial charge in [-0.1, -0.05) is 13.0 Å². The molecule has 0 spiro atoms. The van der Waals surface area contributed by atoms with Crippen LogP contribution in [0.25, 0.3) is 0 Å². The predicted octanol–water partition coefficient (Wildman–Crippen LogP) is 1.20. The van der Waals surface area contributed by atoms with Gasteiger partial charge in [0, 0.05) is 25.2 Å². The van der Waals surface area contributed by atoms with Gasteiger partial charge in [-0.3, -0.25) is 9.78 Å². The van der Waals surface area contributed by atoms with Crippen molar-refractivity contribution in [2.24, 2.45) is 5.92 Å². The van der Waals surface area contributed by atoms with E-state index in [0.29, 0.717) is 13.1 Å². The highest BCUT2D eigenvalue weighted by atomic mass is 16.2. The molecular formula is C13H21N3O. The predicted molar refractivity (Wildman–Crippen MR) is 68.5 cm³/mol. The summed E-state index contributed by atoms with van der Waals surface area (Å²) in [6.07, 6.45) is 0. The first-order valence-corrected chi connectivity index (χ1v) is 5.86. The minimum absolute atomic E-state index is 0.00481. The van der Waals surface area contributed by atoms with Gasteiger partial charge in [0.2, 0.25) is 5.91 Å². The number of carbonyl (C=O) groups excluding carboxylic acids is 1. The second kappa shape index (κ2) is 6.35. The SMILES string of the molecule is CNCC(C)C(=O)N(C)Cc1cccc(C)n1. The van der Waals surface area contributed by atoms with Crippen LogP contribution in [-0.4, -0.2) is 36.4 Å². The molecule has 94 valence electrons. The quantitative estimate of drug-likeness (QED) is 0.834. The molecule has 0 aliphatic heterocycles. The van der Waals surface area contributed by atoms with Gasteiger partial charge in [-0.2, -0.15) is 0 Å². The van der Waals surface area contributed by atoms with Crippen LogP contribution in [0, 0.1) is 12.8 Å². The first-order valence-electron chi connectivity index (χ1n) is 5.86. The molecule has 1 aromatic rings. The second-order valence-electron chi connectivity index (χ2n) is 4.42. The largest absolute Gasteiger partial charge is 0.340 e. The van der Waals surface area contributed by atoms with Crippen LogP contribution >= 0.6 is 0 Å². The molecule has 1 rings (SSSR count). The van der Waals surface area contributed by atoms with E-state index in [2.05, 4.69) is 10.3 Å². The highest BCUT2D eigenvalue weighted by molar-refractivity contribution is 5.78. The summed E-state index contributed by atoms with van der Waals surface area (Å²) in [5.74, 6) is 0.137. The van der Waals surface area contributed by atoms with Crippen molar-refractivity contribution in [3.63, 3.8) is 0 Å². The molecule has 4 nitrogen and oxygen atoms in total. The summed E-state index contributed by atoms with van der Waals surface area (Å²) in [5.41, 5.74) is 1.91. The van der Waals surface area contributed by atoms with Gasteiger partial charge in [0.05, 0.1) is 12.2 Å². The van der Waals surface area contributed by atoms with E-state index in [9.17, 15) is 4.79 Å². The molecule has 0 aliphatic rings. The molecule has 1 amide bonds. The lowest BCUT2D eigenvalue weighted by atomic mass is 10.1. The van der Waals surface area contributed by atoms with Crippen LogP contribution in [0.3, 0.4) is 0 Å². The molecule has 0 aliphatic carbocycles. The third-order valence-corrected chi connectivity index (χ3v) is 2.65. The van der Waals surface area contributed by atoms with E-state index in [4.69, 9.17) is 0 Å². The number of nitrogens with zero attached hydrogens (tertiary/aromatic N) is 2. The molecule has 0 saturated heterocycles. The summed E-state index contributed by atoms with van der Waals surface area (Å²) in [6.45, 7) is 5.15. The highest BCUT2D eigenvalue weighted by Gasteiger charge is 2.16. The normalized spacial score (nSPS) is 12.2. The molecule has 0 fully saturated rings. The summed E-state index contributed by atoms with van der Waals surface area (Å²) < 4.78 is 0. The smallest absolute Gasteiger partial charge is 0.226 e. The van der Waals surface area contributed by atoms with Crippen LogP contribution in [-0.2, 0) is 11.3 Å². The zero-order valence-corrected chi connectivity index (χ0v) is 11.0. The van der Waals surface area contributed by atoms with Gasteiger partial charge >= 0.3 is 0 Å². The van der Waals surface area contributed by atoms with Crippen molar-refractivity contribution in [2.45, 2.75) is 20.4 Å². The number of aromatic nitrogens is 1. The van der Waals surface area contributed by atoms with Crippen molar-refractivity contribution in [3.05, 3.63) is 29.6 Å². The number of pyridine rings is 1. The molecule has 0 aromatic carbocycles. The molecular weight excluding hydrogens is 214 g/mol. The van der Waals surface area contributed by atoms with E-state index in [0.717, 1.165) is 11.4 Å². The monoisotopic (exact) mass is 235 g/mol. The summed E-state index contributed by atoms with van der Waals surface area (Å²) in [7, 11) is 3.67. The van der Waals surface area contributed by atoms with Crippen molar-refractivity contribution in [3.8, 4) is 0 Å². The third-order valence-electron chi connectivity index (χ3n) is 2.65. The fourth-order valence-corrected chi connectivity index (χ4v) is 1.78. The zero-order chi connectivity index (χ0) is 12.8. The van der Waals surface area contributed by atoms with E-state index in [1.165, 1.54) is 0 Å². The van der Waals surface area contributed by atoms with E-state index < -0.39 is 0 Å². The zero-order valence-electron chi connectivity index (χ0n) is 11.0. The molecule has 0 bridgehead atoms. The molecule has 0 radical (unpaired) electrons. The minimum atomic E-state index is -0.00481. The number of hydrogen-bond acceptors (Lipinski definition) is 3. The van der Waals surface area contributed by atoms with Crippen LogP contribution < -0.4 is 5.32 Å². The average Bonchev–Trinajstić information content (AvgIpc) is 2.28. The van der Waals surface area contributed by atoms with Crippen molar-refractivity contribution in [2.75, 3.05) is 20.6 Å². The van der Waals surface area contributed by atoms with Crippen molar-refractivity contribution in [1.29, 1.82) is 0 Å². The van der Waals surface area contributed by atoms with Gasteiger partial charge in [0.25, 0.3) is 0 Å². The highest BCUT2D eigenvalue weighted by Crippen LogP contribution is 2.05. The molecule has 1 aromatic heterocycles. The Morgan fingerprint density at radius 2 is 2.24 bits per heavy atom. The number of aryl methyl sites for hydroxylation is 1. The fraction of sp³-hybridized carbons (Fsp3) is 0.538. The van der Waals surface area contributed by atoms with Crippen LogP contribution in [0.4, 0.5) is 0 Å². The first-order chi connectivity index (χ1) is 8.04. The standard InChI is InChI=1S/C13H21N3O/c1-10(8-14-3)13(17)16(4)9-12-7-5-6-11(2)15-12/h5-7,10,14H,8-9H2,1-4H3. The maximum absolute atomic E-state index is 12.0. The number of rotatable bonds is 5. The Morgan fingerprint density at radius 1 is 1.53 bits per heavy atom. The van der Waals surface area contributed by atoms with E-state index in [1.807, 2.05) is 46.1 Å². The minimum Gasteiger partial charge on any atom is -0.340 e. The van der Waals surface area contributed by atoms with Gasteiger partial charge in [-0.25, -0.2) is 0 Å². The first kappa shape index (κ1) is 13.6. The lowest BCUT2D eigenvalue weighted by molar-refractivity contribution is -0.134. The Labute approximate surface area is 103 Å². The Kier molecular flexibility index (Phi) is 5.10. The van der Waals surface area contributed by atoms with Crippen molar-refractivity contribution >= 4 is 5.91 Å². The second-order valence-corrected chi connectivity index (χ2v) is 4.42. The molecule has 0 saturated carbocycles. The Balaban J connectivity index is 2.59. The van der Waals surface area contributed by atoms with Gasteiger partial charge in [0.15, 0.2) is 0 Å². The van der Waals surface area contributed by atoms with Crippen LogP contribution in [0.5, 0.6) is 0 Å². The maximum atomic E-state index is 12.0. The topological polar surface area (TPSA) is 45.2 Å². The molecule has 1 heterocycles. The third kappa shape index (κ3) is 4.15. The summed E-state index contributed by atoms with van der Waals surface area (Å²) in [6, 6.07) is 5.86. The molecule has 1 atom stereocenters. The van der Waals surface area contributed by atoms with Crippen LogP contribution in [0.2, 0.25) is 0 Å². The lowest BCUT2D eigenvalue weighted by Gasteiger charge is -2.21. The number of amides is 1. The molecule has 1 N–H and O–H groups in total. The molecule has 4 heteroatoms. The van der Waals surface area contributed by atoms with Crippen LogP contribution in [0.1, 0.15) is 18.3 Å². The summed E-state index contributed by atoms with van der Waals surface area (Å²) in [5, 5.41) is 3.01. The van der Waals surface area contributed by atoms with E-state index in [1.54, 1.807) is 4.90 Å². The Morgan fingerprint density at radius 3 is 2.82 bits per heavy atom. The summed E-state index contributed by atoms with van der Waals surface area (Å²) in [4.78, 5) is 18.1. The van der Waals surface area contributed by atoms with Gasteiger partial charge < -0.3 is 10.2 Å². The Bertz CT molecular complexity index is 379. The van der Waals surface area contributed by atoms with Gasteiger partial charge in [-0.05, 0) is 26.1 Å². The van der Waals surface area contributed by atoms with Crippen molar-refractivity contribution < 1.29 is 4.79 Å². The van der Waals surface area contributed by atoms with Gasteiger partial charge in [-0.15, -0.1) is 0 Å². The number of carbonyl (C=O) groups is 1.